The predicted octanol–water partition coefficient (Wildman–Crippen LogP) is 4.89. The summed E-state index contributed by atoms with van der Waals surface area (Å²) in [5.74, 6) is 0.753. The van der Waals surface area contributed by atoms with Gasteiger partial charge in [0.2, 0.25) is 11.9 Å². The molecule has 0 saturated carbocycles. The van der Waals surface area contributed by atoms with Gasteiger partial charge in [-0.25, -0.2) is 4.98 Å². The molecule has 7 nitrogen and oxygen atoms in total. The Morgan fingerprint density at radius 3 is 2.29 bits per heavy atom. The summed E-state index contributed by atoms with van der Waals surface area (Å²) in [5.41, 5.74) is 2.72. The number of para-hydroxylation sites is 1. The second-order valence-corrected chi connectivity index (χ2v) is 6.85. The number of ketones is 1. The van der Waals surface area contributed by atoms with Gasteiger partial charge in [0.25, 0.3) is 0 Å². The van der Waals surface area contributed by atoms with Crippen molar-refractivity contribution in [3.63, 3.8) is 0 Å². The zero-order valence-electron chi connectivity index (χ0n) is 15.3. The van der Waals surface area contributed by atoms with Crippen LogP contribution >= 0.6 is 15.9 Å². The maximum atomic E-state index is 11.8. The Hall–Kier alpha value is -3.26. The highest BCUT2D eigenvalue weighted by molar-refractivity contribution is 9.10. The first-order valence-corrected chi connectivity index (χ1v) is 9.26. The minimum absolute atomic E-state index is 0.0362. The lowest BCUT2D eigenvalue weighted by Gasteiger charge is -2.12. The Morgan fingerprint density at radius 1 is 0.929 bits per heavy atom. The number of aromatic nitrogens is 2. The number of nitrogens with one attached hydrogen (secondary N) is 3. The maximum Gasteiger partial charge on any atom is 0.229 e. The lowest BCUT2D eigenvalue weighted by molar-refractivity contribution is -0.114. The van der Waals surface area contributed by atoms with Gasteiger partial charge in [-0.05, 0) is 59.3 Å². The van der Waals surface area contributed by atoms with Crippen molar-refractivity contribution in [1.82, 2.24) is 9.97 Å². The highest BCUT2D eigenvalue weighted by Crippen LogP contribution is 2.27. The molecule has 0 spiro atoms. The van der Waals surface area contributed by atoms with Gasteiger partial charge in [-0.3, -0.25) is 9.59 Å². The van der Waals surface area contributed by atoms with Crippen molar-refractivity contribution < 1.29 is 9.59 Å². The number of anilines is 5. The number of hydrogen-bond donors (Lipinski definition) is 3. The summed E-state index contributed by atoms with van der Waals surface area (Å²) in [6.07, 6.45) is 1.62. The van der Waals surface area contributed by atoms with Crippen LogP contribution in [0.2, 0.25) is 0 Å². The summed E-state index contributed by atoms with van der Waals surface area (Å²) >= 11 is 3.43. The fourth-order valence-electron chi connectivity index (χ4n) is 2.51. The number of halogens is 1. The van der Waals surface area contributed by atoms with Crippen molar-refractivity contribution in [1.29, 1.82) is 0 Å². The Labute approximate surface area is 170 Å². The van der Waals surface area contributed by atoms with Gasteiger partial charge in [0.15, 0.2) is 5.78 Å². The molecule has 28 heavy (non-hydrogen) atoms. The summed E-state index contributed by atoms with van der Waals surface area (Å²) in [6, 6.07) is 14.4. The number of Topliss-reactive ketones (excluding diaryl/α,β-unsaturated/α-hetero) is 1. The minimum atomic E-state index is -0.126. The van der Waals surface area contributed by atoms with Crippen molar-refractivity contribution in [2.75, 3.05) is 16.0 Å². The van der Waals surface area contributed by atoms with Gasteiger partial charge < -0.3 is 16.0 Å². The number of benzene rings is 2. The third-order valence-corrected chi connectivity index (χ3v) is 4.35. The molecular weight excluding hydrogens is 422 g/mol. The second-order valence-electron chi connectivity index (χ2n) is 6.00. The molecule has 2 aromatic carbocycles. The molecule has 0 atom stereocenters. The largest absolute Gasteiger partial charge is 0.339 e. The van der Waals surface area contributed by atoms with Crippen LogP contribution in [0.1, 0.15) is 24.2 Å². The number of hydrogen-bond acceptors (Lipinski definition) is 6. The normalized spacial score (nSPS) is 10.2. The van der Waals surface area contributed by atoms with Crippen LogP contribution in [0.3, 0.4) is 0 Å². The molecule has 142 valence electrons. The molecule has 0 fully saturated rings. The monoisotopic (exact) mass is 439 g/mol. The van der Waals surface area contributed by atoms with Gasteiger partial charge in [0.1, 0.15) is 5.82 Å². The quantitative estimate of drug-likeness (QED) is 0.473. The van der Waals surface area contributed by atoms with E-state index in [0.29, 0.717) is 33.2 Å². The summed E-state index contributed by atoms with van der Waals surface area (Å²) < 4.78 is 0.664. The van der Waals surface area contributed by atoms with Crippen LogP contribution in [0.4, 0.5) is 28.8 Å². The first-order chi connectivity index (χ1) is 13.4. The predicted molar refractivity (Wildman–Crippen MR) is 113 cm³/mol. The van der Waals surface area contributed by atoms with Crippen molar-refractivity contribution in [2.45, 2.75) is 13.8 Å². The zero-order valence-corrected chi connectivity index (χ0v) is 16.9. The van der Waals surface area contributed by atoms with Gasteiger partial charge in [-0.1, -0.05) is 12.1 Å². The first kappa shape index (κ1) is 19.5. The smallest absolute Gasteiger partial charge is 0.229 e. The molecule has 1 amide bonds. The SMILES string of the molecule is CC(=O)Nc1ccc(Nc2ncc(Br)c(Nc3ccccc3C(C)=O)n2)cc1. The van der Waals surface area contributed by atoms with Crippen molar-refractivity contribution in [3.8, 4) is 0 Å². The standard InChI is InChI=1S/C20H18BrN5O2/c1-12(27)16-5-3-4-6-18(16)25-19-17(21)11-22-20(26-19)24-15-9-7-14(8-10-15)23-13(2)28/h3-11H,1-2H3,(H,23,28)(H2,22,24,25,26). The Bertz CT molecular complexity index is 1020. The van der Waals surface area contributed by atoms with Crippen LogP contribution in [0.5, 0.6) is 0 Å². The molecule has 0 aliphatic heterocycles. The van der Waals surface area contributed by atoms with Gasteiger partial charge in [-0.15, -0.1) is 0 Å². The second kappa shape index (κ2) is 8.62. The van der Waals surface area contributed by atoms with E-state index in [1.807, 2.05) is 30.3 Å². The van der Waals surface area contributed by atoms with E-state index in [0.717, 1.165) is 5.69 Å². The van der Waals surface area contributed by atoms with E-state index in [1.165, 1.54) is 13.8 Å². The van der Waals surface area contributed by atoms with E-state index in [9.17, 15) is 9.59 Å². The molecule has 0 saturated heterocycles. The summed E-state index contributed by atoms with van der Waals surface area (Å²) in [7, 11) is 0. The third-order valence-electron chi connectivity index (χ3n) is 3.76. The lowest BCUT2D eigenvalue weighted by atomic mass is 10.1. The molecule has 0 unspecified atom stereocenters. The van der Waals surface area contributed by atoms with Gasteiger partial charge in [-0.2, -0.15) is 4.98 Å². The molecular formula is C20H18BrN5O2. The highest BCUT2D eigenvalue weighted by Gasteiger charge is 2.11. The summed E-state index contributed by atoms with van der Waals surface area (Å²) in [6.45, 7) is 2.98. The van der Waals surface area contributed by atoms with Crippen LogP contribution < -0.4 is 16.0 Å². The number of nitrogens with zero attached hydrogens (tertiary/aromatic N) is 2. The molecule has 3 N–H and O–H groups in total. The molecule has 3 aromatic rings. The average Bonchev–Trinajstić information content (AvgIpc) is 2.66. The van der Waals surface area contributed by atoms with E-state index >= 15 is 0 Å². The summed E-state index contributed by atoms with van der Waals surface area (Å²) in [4.78, 5) is 31.6. The molecule has 0 radical (unpaired) electrons. The number of amides is 1. The van der Waals surface area contributed by atoms with Crippen molar-refractivity contribution in [2.24, 2.45) is 0 Å². The van der Waals surface area contributed by atoms with Crippen molar-refractivity contribution >= 4 is 56.4 Å². The van der Waals surface area contributed by atoms with Gasteiger partial charge >= 0.3 is 0 Å². The molecule has 0 bridgehead atoms. The van der Waals surface area contributed by atoms with E-state index in [-0.39, 0.29) is 11.7 Å². The van der Waals surface area contributed by atoms with E-state index in [2.05, 4.69) is 41.8 Å². The highest BCUT2D eigenvalue weighted by atomic mass is 79.9. The first-order valence-electron chi connectivity index (χ1n) is 8.46. The Balaban J connectivity index is 1.80. The van der Waals surface area contributed by atoms with Crippen molar-refractivity contribution in [3.05, 3.63) is 64.8 Å². The van der Waals surface area contributed by atoms with Crippen LogP contribution in [-0.2, 0) is 4.79 Å². The van der Waals surface area contributed by atoms with Crippen LogP contribution in [0.15, 0.2) is 59.2 Å². The van der Waals surface area contributed by atoms with Gasteiger partial charge in [0, 0.05) is 30.1 Å². The molecule has 3 rings (SSSR count). The third kappa shape index (κ3) is 4.92. The van der Waals surface area contributed by atoms with Gasteiger partial charge in [0.05, 0.1) is 10.2 Å². The molecule has 8 heteroatoms. The number of carbonyl (C=O) groups is 2. The van der Waals surface area contributed by atoms with E-state index in [1.54, 1.807) is 24.4 Å². The maximum absolute atomic E-state index is 11.8. The molecule has 0 aliphatic rings. The average molecular weight is 440 g/mol. The molecule has 1 heterocycles. The Kier molecular flexibility index (Phi) is 6.00. The van der Waals surface area contributed by atoms with Crippen LogP contribution in [0, 0.1) is 0 Å². The fraction of sp³-hybridized carbons (Fsp3) is 0.100. The lowest BCUT2D eigenvalue weighted by Crippen LogP contribution is -2.06. The fourth-order valence-corrected chi connectivity index (χ4v) is 2.80. The Morgan fingerprint density at radius 2 is 1.61 bits per heavy atom. The van der Waals surface area contributed by atoms with Crippen LogP contribution in [-0.4, -0.2) is 21.7 Å². The summed E-state index contributed by atoms with van der Waals surface area (Å²) in [5, 5.41) is 9.00. The number of carbonyl (C=O) groups excluding carboxylic acids is 2. The molecule has 1 aromatic heterocycles. The number of rotatable bonds is 6. The molecule has 0 aliphatic carbocycles. The topological polar surface area (TPSA) is 96.0 Å². The zero-order chi connectivity index (χ0) is 20.1. The minimum Gasteiger partial charge on any atom is -0.339 e. The van der Waals surface area contributed by atoms with Crippen LogP contribution in [0.25, 0.3) is 0 Å². The van der Waals surface area contributed by atoms with E-state index < -0.39 is 0 Å². The van der Waals surface area contributed by atoms with E-state index in [4.69, 9.17) is 0 Å².